The molecule has 0 radical (unpaired) electrons. The fraction of sp³-hybridized carbons (Fsp3) is 0.538. The zero-order valence-corrected chi connectivity index (χ0v) is 19.7. The van der Waals surface area contributed by atoms with Crippen LogP contribution in [0.1, 0.15) is 47.0 Å². The summed E-state index contributed by atoms with van der Waals surface area (Å²) in [5.41, 5.74) is 0. The molecule has 0 amide bonds. The van der Waals surface area contributed by atoms with Crippen molar-refractivity contribution in [1.82, 2.24) is 0 Å². The molecule has 1 aromatic rings. The molecule has 1 aliphatic heterocycles. The van der Waals surface area contributed by atoms with Gasteiger partial charge in [-0.1, -0.05) is 57.2 Å². The molecule has 0 fully saturated rings. The van der Waals surface area contributed by atoms with Crippen LogP contribution in [0.3, 0.4) is 0 Å². The lowest BCUT2D eigenvalue weighted by Gasteiger charge is -2.36. The second kappa shape index (κ2) is 13.1. The number of allylic oxidation sites excluding steroid dienone is 2. The minimum Gasteiger partial charge on any atom is -0.458 e. The van der Waals surface area contributed by atoms with Gasteiger partial charge in [0.25, 0.3) is 0 Å². The molecule has 0 unspecified atom stereocenters. The van der Waals surface area contributed by atoms with Crippen molar-refractivity contribution in [1.29, 1.82) is 0 Å². The van der Waals surface area contributed by atoms with Crippen LogP contribution in [0.4, 0.5) is 4.79 Å². The molecular weight excluding hydrogens is 408 g/mol. The summed E-state index contributed by atoms with van der Waals surface area (Å²) in [4.78, 5) is 24.5. The largest absolute Gasteiger partial charge is 0.514 e. The molecule has 0 bridgehead atoms. The maximum absolute atomic E-state index is 12.6. The Morgan fingerprint density at radius 2 is 1.94 bits per heavy atom. The van der Waals surface area contributed by atoms with Gasteiger partial charge in [0.15, 0.2) is 0 Å². The summed E-state index contributed by atoms with van der Waals surface area (Å²) in [6.45, 7) is 8.14. The van der Waals surface area contributed by atoms with E-state index >= 15 is 0 Å². The monoisotopic (exact) mass is 444 g/mol. The number of benzene rings is 1. The molecule has 1 aromatic carbocycles. The highest BCUT2D eigenvalue weighted by Crippen LogP contribution is 2.31. The molecule has 1 aliphatic rings. The highest BCUT2D eigenvalue weighted by Gasteiger charge is 2.37. The molecule has 0 aliphatic carbocycles. The van der Waals surface area contributed by atoms with Gasteiger partial charge in [-0.25, -0.2) is 9.59 Å². The SMILES string of the molecule is C/C=C/C[C@H](C)[C@@H](OC)[C@@H](C)[C@@H](C[C@H]1OC(=O)C=C[C@H]1CC)OC(=O)Oc1ccccc1. The zero-order valence-electron chi connectivity index (χ0n) is 19.7. The van der Waals surface area contributed by atoms with Crippen LogP contribution < -0.4 is 4.74 Å². The van der Waals surface area contributed by atoms with E-state index in [0.717, 1.165) is 12.8 Å². The van der Waals surface area contributed by atoms with Crippen molar-refractivity contribution >= 4 is 12.1 Å². The molecule has 176 valence electrons. The lowest BCUT2D eigenvalue weighted by Crippen LogP contribution is -2.42. The van der Waals surface area contributed by atoms with Crippen molar-refractivity contribution in [3.63, 3.8) is 0 Å². The predicted octanol–water partition coefficient (Wildman–Crippen LogP) is 5.72. The van der Waals surface area contributed by atoms with E-state index in [0.29, 0.717) is 12.2 Å². The Labute approximate surface area is 191 Å². The lowest BCUT2D eigenvalue weighted by molar-refractivity contribution is -0.149. The van der Waals surface area contributed by atoms with E-state index in [1.807, 2.05) is 39.0 Å². The molecule has 6 heteroatoms. The third-order valence-corrected chi connectivity index (χ3v) is 6.03. The van der Waals surface area contributed by atoms with Crippen LogP contribution in [0.25, 0.3) is 0 Å². The van der Waals surface area contributed by atoms with Crippen LogP contribution in [0.15, 0.2) is 54.6 Å². The normalized spacial score (nSPS) is 22.1. The van der Waals surface area contributed by atoms with Gasteiger partial charge in [-0.2, -0.15) is 0 Å². The van der Waals surface area contributed by atoms with Crippen molar-refractivity contribution in [2.24, 2.45) is 17.8 Å². The minimum absolute atomic E-state index is 0.0672. The van der Waals surface area contributed by atoms with E-state index in [-0.39, 0.29) is 35.9 Å². The topological polar surface area (TPSA) is 71.1 Å². The third kappa shape index (κ3) is 7.52. The first-order valence-electron chi connectivity index (χ1n) is 11.4. The molecule has 6 nitrogen and oxygen atoms in total. The molecule has 1 heterocycles. The van der Waals surface area contributed by atoms with E-state index in [2.05, 4.69) is 13.0 Å². The molecule has 0 saturated heterocycles. The first-order chi connectivity index (χ1) is 15.4. The van der Waals surface area contributed by atoms with Crippen molar-refractivity contribution in [2.45, 2.75) is 65.3 Å². The number of rotatable bonds is 11. The number of ether oxygens (including phenoxy) is 4. The van der Waals surface area contributed by atoms with Crippen molar-refractivity contribution in [3.05, 3.63) is 54.6 Å². The summed E-state index contributed by atoms with van der Waals surface area (Å²) < 4.78 is 22.6. The zero-order chi connectivity index (χ0) is 23.5. The maximum Gasteiger partial charge on any atom is 0.514 e. The number of hydrogen-bond donors (Lipinski definition) is 0. The summed E-state index contributed by atoms with van der Waals surface area (Å²) in [6, 6.07) is 8.79. The Bertz CT molecular complexity index is 772. The van der Waals surface area contributed by atoms with E-state index < -0.39 is 12.3 Å². The van der Waals surface area contributed by atoms with Gasteiger partial charge in [0.1, 0.15) is 18.0 Å². The summed E-state index contributed by atoms with van der Waals surface area (Å²) in [7, 11) is 1.67. The van der Waals surface area contributed by atoms with Crippen molar-refractivity contribution < 1.29 is 28.5 Å². The van der Waals surface area contributed by atoms with E-state index in [1.165, 1.54) is 6.08 Å². The van der Waals surface area contributed by atoms with Gasteiger partial charge in [-0.3, -0.25) is 0 Å². The molecule has 6 atom stereocenters. The van der Waals surface area contributed by atoms with Gasteiger partial charge >= 0.3 is 12.1 Å². The van der Waals surface area contributed by atoms with Crippen molar-refractivity contribution in [3.8, 4) is 5.75 Å². The van der Waals surface area contributed by atoms with Crippen LogP contribution in [-0.4, -0.2) is 37.5 Å². The number of carbonyl (C=O) groups excluding carboxylic acids is 2. The quantitative estimate of drug-likeness (QED) is 0.247. The number of hydrogen-bond acceptors (Lipinski definition) is 6. The van der Waals surface area contributed by atoms with Crippen LogP contribution in [-0.2, 0) is 19.0 Å². The smallest absolute Gasteiger partial charge is 0.458 e. The van der Waals surface area contributed by atoms with Gasteiger partial charge in [0.2, 0.25) is 0 Å². The van der Waals surface area contributed by atoms with Crippen LogP contribution in [0, 0.1) is 17.8 Å². The Hall–Kier alpha value is -2.60. The minimum atomic E-state index is -0.783. The van der Waals surface area contributed by atoms with E-state index in [1.54, 1.807) is 31.4 Å². The fourth-order valence-electron chi connectivity index (χ4n) is 4.22. The molecular formula is C26H36O6. The van der Waals surface area contributed by atoms with E-state index in [9.17, 15) is 9.59 Å². The highest BCUT2D eigenvalue weighted by atomic mass is 16.7. The Morgan fingerprint density at radius 3 is 2.56 bits per heavy atom. The molecule has 2 rings (SSSR count). The molecule has 32 heavy (non-hydrogen) atoms. The molecule has 0 N–H and O–H groups in total. The summed E-state index contributed by atoms with van der Waals surface area (Å²) >= 11 is 0. The lowest BCUT2D eigenvalue weighted by atomic mass is 9.83. The fourth-order valence-corrected chi connectivity index (χ4v) is 4.22. The molecule has 0 aromatic heterocycles. The predicted molar refractivity (Wildman–Crippen MR) is 123 cm³/mol. The number of cyclic esters (lactones) is 1. The van der Waals surface area contributed by atoms with Gasteiger partial charge in [0, 0.05) is 31.4 Å². The van der Waals surface area contributed by atoms with Crippen LogP contribution in [0.5, 0.6) is 5.75 Å². The summed E-state index contributed by atoms with van der Waals surface area (Å²) in [5, 5.41) is 0. The van der Waals surface area contributed by atoms with Crippen molar-refractivity contribution in [2.75, 3.05) is 7.11 Å². The Balaban J connectivity index is 2.20. The van der Waals surface area contributed by atoms with E-state index in [4.69, 9.17) is 18.9 Å². The van der Waals surface area contributed by atoms with Gasteiger partial charge in [0.05, 0.1) is 6.10 Å². The molecule has 0 spiro atoms. The number of esters is 1. The maximum atomic E-state index is 12.6. The average molecular weight is 445 g/mol. The number of carbonyl (C=O) groups is 2. The second-order valence-corrected chi connectivity index (χ2v) is 8.31. The highest BCUT2D eigenvalue weighted by molar-refractivity contribution is 5.83. The number of methoxy groups -OCH3 is 1. The third-order valence-electron chi connectivity index (χ3n) is 6.03. The summed E-state index contributed by atoms with van der Waals surface area (Å²) in [5.74, 6) is 0.163. The first-order valence-corrected chi connectivity index (χ1v) is 11.4. The summed E-state index contributed by atoms with van der Waals surface area (Å²) in [6.07, 6.45) is 7.62. The van der Waals surface area contributed by atoms with Crippen LogP contribution in [0.2, 0.25) is 0 Å². The Kier molecular flexibility index (Phi) is 10.5. The van der Waals surface area contributed by atoms with Gasteiger partial charge in [-0.15, -0.1) is 0 Å². The second-order valence-electron chi connectivity index (χ2n) is 8.31. The number of para-hydroxylation sites is 1. The Morgan fingerprint density at radius 1 is 1.22 bits per heavy atom. The molecule has 0 saturated carbocycles. The first kappa shape index (κ1) is 25.7. The van der Waals surface area contributed by atoms with Crippen LogP contribution >= 0.6 is 0 Å². The van der Waals surface area contributed by atoms with Gasteiger partial charge < -0.3 is 18.9 Å². The average Bonchev–Trinajstić information content (AvgIpc) is 2.78. The standard InChI is InChI=1S/C26H36O6/c1-6-8-12-18(3)25(29-5)19(4)22(17-23-20(7-2)15-16-24(27)31-23)32-26(28)30-21-13-10-9-11-14-21/h6,8-11,13-16,18-20,22-23,25H,7,12,17H2,1-5H3/b8-6+/t18-,19-,20+,22+,23+,25+/m0/s1. The van der Waals surface area contributed by atoms with Gasteiger partial charge in [-0.05, 0) is 37.8 Å².